The summed E-state index contributed by atoms with van der Waals surface area (Å²) in [4.78, 5) is 17.2. The Bertz CT molecular complexity index is 471. The number of aromatic nitrogens is 1. The van der Waals surface area contributed by atoms with E-state index in [2.05, 4.69) is 16.0 Å². The van der Waals surface area contributed by atoms with Gasteiger partial charge >= 0.3 is 5.97 Å². The number of rotatable bonds is 4. The van der Waals surface area contributed by atoms with Crippen LogP contribution in [-0.4, -0.2) is 42.9 Å². The van der Waals surface area contributed by atoms with Crippen LogP contribution in [0.1, 0.15) is 16.8 Å². The first-order valence-corrected chi connectivity index (χ1v) is 5.82. The molecule has 0 amide bonds. The van der Waals surface area contributed by atoms with Crippen molar-refractivity contribution in [2.75, 3.05) is 31.7 Å². The molecule has 0 saturated heterocycles. The summed E-state index contributed by atoms with van der Waals surface area (Å²) in [6.07, 6.45) is 4.57. The van der Waals surface area contributed by atoms with Gasteiger partial charge in [0.1, 0.15) is 5.82 Å². The van der Waals surface area contributed by atoms with Crippen LogP contribution >= 0.6 is 0 Å². The molecule has 96 valence electrons. The number of aromatic carboxylic acids is 1. The van der Waals surface area contributed by atoms with Gasteiger partial charge in [-0.1, -0.05) is 6.08 Å². The van der Waals surface area contributed by atoms with Crippen LogP contribution in [0.15, 0.2) is 30.0 Å². The lowest BCUT2D eigenvalue weighted by atomic mass is 10.1. The van der Waals surface area contributed by atoms with E-state index in [4.69, 9.17) is 9.84 Å². The fourth-order valence-electron chi connectivity index (χ4n) is 1.96. The molecule has 0 unspecified atom stereocenters. The Morgan fingerprint density at radius 1 is 1.61 bits per heavy atom. The first kappa shape index (κ1) is 12.6. The van der Waals surface area contributed by atoms with E-state index in [1.807, 2.05) is 0 Å². The van der Waals surface area contributed by atoms with Crippen LogP contribution in [-0.2, 0) is 4.74 Å². The third-order valence-corrected chi connectivity index (χ3v) is 2.95. The molecule has 1 aliphatic heterocycles. The predicted octanol–water partition coefficient (Wildman–Crippen LogP) is 1.56. The minimum Gasteiger partial charge on any atom is -0.478 e. The number of hydrogen-bond donors (Lipinski definition) is 1. The van der Waals surface area contributed by atoms with Gasteiger partial charge in [-0.05, 0) is 24.1 Å². The van der Waals surface area contributed by atoms with E-state index in [0.717, 1.165) is 19.5 Å². The number of anilines is 1. The SMILES string of the molecule is COCC1=CCN(c2cc(C(=O)O)ccn2)CC1. The smallest absolute Gasteiger partial charge is 0.335 e. The molecule has 0 bridgehead atoms. The van der Waals surface area contributed by atoms with Crippen molar-refractivity contribution in [3.63, 3.8) is 0 Å². The predicted molar refractivity (Wildman–Crippen MR) is 68.0 cm³/mol. The van der Waals surface area contributed by atoms with E-state index in [9.17, 15) is 4.79 Å². The maximum atomic E-state index is 10.9. The average Bonchev–Trinajstić information content (AvgIpc) is 2.40. The highest BCUT2D eigenvalue weighted by Gasteiger charge is 2.14. The second kappa shape index (κ2) is 5.64. The summed E-state index contributed by atoms with van der Waals surface area (Å²) in [6.45, 7) is 2.25. The van der Waals surface area contributed by atoms with E-state index in [1.54, 1.807) is 13.2 Å². The van der Waals surface area contributed by atoms with Gasteiger partial charge < -0.3 is 14.7 Å². The van der Waals surface area contributed by atoms with Crippen LogP contribution < -0.4 is 4.90 Å². The molecule has 5 heteroatoms. The van der Waals surface area contributed by atoms with E-state index in [-0.39, 0.29) is 5.56 Å². The Morgan fingerprint density at radius 2 is 2.44 bits per heavy atom. The summed E-state index contributed by atoms with van der Waals surface area (Å²) in [5.74, 6) is -0.214. The fraction of sp³-hybridized carbons (Fsp3) is 0.385. The van der Waals surface area contributed by atoms with Crippen molar-refractivity contribution in [3.05, 3.63) is 35.5 Å². The van der Waals surface area contributed by atoms with Gasteiger partial charge in [0.05, 0.1) is 12.2 Å². The number of methoxy groups -OCH3 is 1. The highest BCUT2D eigenvalue weighted by Crippen LogP contribution is 2.18. The van der Waals surface area contributed by atoms with Crippen LogP contribution in [0, 0.1) is 0 Å². The molecule has 1 N–H and O–H groups in total. The number of hydrogen-bond acceptors (Lipinski definition) is 4. The van der Waals surface area contributed by atoms with Gasteiger partial charge in [0.25, 0.3) is 0 Å². The molecule has 1 aromatic heterocycles. The first-order valence-electron chi connectivity index (χ1n) is 5.82. The molecule has 5 nitrogen and oxygen atoms in total. The van der Waals surface area contributed by atoms with Crippen molar-refractivity contribution in [2.24, 2.45) is 0 Å². The number of ether oxygens (including phenoxy) is 1. The maximum Gasteiger partial charge on any atom is 0.335 e. The lowest BCUT2D eigenvalue weighted by Gasteiger charge is -2.27. The number of carboxylic acids is 1. The monoisotopic (exact) mass is 248 g/mol. The zero-order valence-electron chi connectivity index (χ0n) is 10.3. The maximum absolute atomic E-state index is 10.9. The van der Waals surface area contributed by atoms with Gasteiger partial charge in [0, 0.05) is 26.4 Å². The van der Waals surface area contributed by atoms with Crippen LogP contribution in [0.25, 0.3) is 0 Å². The highest BCUT2D eigenvalue weighted by molar-refractivity contribution is 5.88. The summed E-state index contributed by atoms with van der Waals surface area (Å²) < 4.78 is 5.09. The fourth-order valence-corrected chi connectivity index (χ4v) is 1.96. The number of carboxylic acid groups (broad SMARTS) is 1. The summed E-state index contributed by atoms with van der Waals surface area (Å²) in [6, 6.07) is 3.11. The summed E-state index contributed by atoms with van der Waals surface area (Å²) in [7, 11) is 1.69. The van der Waals surface area contributed by atoms with E-state index < -0.39 is 5.97 Å². The third kappa shape index (κ3) is 2.87. The Hall–Kier alpha value is -1.88. The Morgan fingerprint density at radius 3 is 3.06 bits per heavy atom. The molecule has 18 heavy (non-hydrogen) atoms. The van der Waals surface area contributed by atoms with E-state index >= 15 is 0 Å². The molecule has 1 aromatic rings. The summed E-state index contributed by atoms with van der Waals surface area (Å²) in [5.41, 5.74) is 1.55. The van der Waals surface area contributed by atoms with Gasteiger partial charge in [0.15, 0.2) is 0 Å². The number of nitrogens with zero attached hydrogens (tertiary/aromatic N) is 2. The lowest BCUT2D eigenvalue weighted by molar-refractivity contribution is 0.0697. The second-order valence-corrected chi connectivity index (χ2v) is 4.20. The lowest BCUT2D eigenvalue weighted by Crippen LogP contribution is -2.30. The zero-order chi connectivity index (χ0) is 13.0. The first-order chi connectivity index (χ1) is 8.70. The normalized spacial score (nSPS) is 15.4. The summed E-state index contributed by atoms with van der Waals surface area (Å²) in [5, 5.41) is 8.94. The average molecular weight is 248 g/mol. The Kier molecular flexibility index (Phi) is 3.94. The third-order valence-electron chi connectivity index (χ3n) is 2.95. The molecule has 0 aromatic carbocycles. The molecule has 0 atom stereocenters. The van der Waals surface area contributed by atoms with E-state index in [0.29, 0.717) is 12.4 Å². The van der Waals surface area contributed by atoms with Gasteiger partial charge in [-0.2, -0.15) is 0 Å². The van der Waals surface area contributed by atoms with Crippen molar-refractivity contribution in [1.29, 1.82) is 0 Å². The van der Waals surface area contributed by atoms with Crippen molar-refractivity contribution < 1.29 is 14.6 Å². The van der Waals surface area contributed by atoms with Gasteiger partial charge in [-0.3, -0.25) is 0 Å². The van der Waals surface area contributed by atoms with Crippen molar-refractivity contribution in [3.8, 4) is 0 Å². The summed E-state index contributed by atoms with van der Waals surface area (Å²) >= 11 is 0. The topological polar surface area (TPSA) is 62.7 Å². The molecule has 2 rings (SSSR count). The largest absolute Gasteiger partial charge is 0.478 e. The van der Waals surface area contributed by atoms with Gasteiger partial charge in [0.2, 0.25) is 0 Å². The van der Waals surface area contributed by atoms with Crippen LogP contribution in [0.4, 0.5) is 5.82 Å². The quantitative estimate of drug-likeness (QED) is 0.819. The van der Waals surface area contributed by atoms with Crippen LogP contribution in [0.2, 0.25) is 0 Å². The molecule has 0 aliphatic carbocycles. The molecule has 0 fully saturated rings. The molecule has 0 saturated carbocycles. The minimum atomic E-state index is -0.925. The molecule has 1 aliphatic rings. The standard InChI is InChI=1S/C13H16N2O3/c1-18-9-10-3-6-15(7-4-10)12-8-11(13(16)17)2-5-14-12/h2-3,5,8H,4,6-7,9H2,1H3,(H,16,17). The van der Waals surface area contributed by atoms with Crippen LogP contribution in [0.3, 0.4) is 0 Å². The molecule has 0 radical (unpaired) electrons. The van der Waals surface area contributed by atoms with Gasteiger partial charge in [-0.15, -0.1) is 0 Å². The van der Waals surface area contributed by atoms with Gasteiger partial charge in [-0.25, -0.2) is 9.78 Å². The minimum absolute atomic E-state index is 0.270. The number of carbonyl (C=O) groups is 1. The van der Waals surface area contributed by atoms with E-state index in [1.165, 1.54) is 17.8 Å². The van der Waals surface area contributed by atoms with Crippen molar-refractivity contribution >= 4 is 11.8 Å². The van der Waals surface area contributed by atoms with Crippen molar-refractivity contribution in [2.45, 2.75) is 6.42 Å². The molecule has 2 heterocycles. The highest BCUT2D eigenvalue weighted by atomic mass is 16.5. The van der Waals surface area contributed by atoms with Crippen molar-refractivity contribution in [1.82, 2.24) is 4.98 Å². The molecular formula is C13H16N2O3. The molecule has 0 spiro atoms. The van der Waals surface area contributed by atoms with Crippen LogP contribution in [0.5, 0.6) is 0 Å². The molecular weight excluding hydrogens is 232 g/mol. The zero-order valence-corrected chi connectivity index (χ0v) is 10.3. The number of pyridine rings is 1. The Labute approximate surface area is 106 Å². The Balaban J connectivity index is 2.09. The second-order valence-electron chi connectivity index (χ2n) is 4.20.